The first-order valence-electron chi connectivity index (χ1n) is 4.49. The summed E-state index contributed by atoms with van der Waals surface area (Å²) in [6, 6.07) is 0. The van der Waals surface area contributed by atoms with Crippen LogP contribution in [0, 0.1) is 6.92 Å². The van der Waals surface area contributed by atoms with E-state index in [4.69, 9.17) is 10.2 Å². The average molecular weight is 211 g/mol. The Bertz CT molecular complexity index is 366. The molecule has 6 heteroatoms. The van der Waals surface area contributed by atoms with E-state index in [1.807, 2.05) is 0 Å². The summed E-state index contributed by atoms with van der Waals surface area (Å²) in [5.41, 5.74) is 0.00116. The zero-order chi connectivity index (χ0) is 11.4. The Morgan fingerprint density at radius 1 is 1.67 bits per heavy atom. The zero-order valence-electron chi connectivity index (χ0n) is 8.56. The molecule has 0 aliphatic rings. The van der Waals surface area contributed by atoms with E-state index in [2.05, 4.69) is 15.3 Å². The maximum absolute atomic E-state index is 10.8. The van der Waals surface area contributed by atoms with Crippen LogP contribution in [0.4, 0.5) is 5.82 Å². The zero-order valence-corrected chi connectivity index (χ0v) is 8.56. The number of aromatic carboxylic acids is 1. The molecule has 0 aliphatic heterocycles. The van der Waals surface area contributed by atoms with Gasteiger partial charge in [0.05, 0.1) is 6.10 Å². The maximum Gasteiger partial charge on any atom is 0.341 e. The molecule has 82 valence electrons. The molecular formula is C9H13N3O3. The second kappa shape index (κ2) is 4.70. The molecule has 0 spiro atoms. The van der Waals surface area contributed by atoms with E-state index in [1.54, 1.807) is 13.8 Å². The Hall–Kier alpha value is -1.69. The van der Waals surface area contributed by atoms with Crippen LogP contribution in [0.2, 0.25) is 0 Å². The predicted molar refractivity (Wildman–Crippen MR) is 53.9 cm³/mol. The molecule has 1 heterocycles. The van der Waals surface area contributed by atoms with Crippen LogP contribution in [0.25, 0.3) is 0 Å². The third kappa shape index (κ3) is 3.17. The van der Waals surface area contributed by atoms with Gasteiger partial charge in [-0.15, -0.1) is 0 Å². The Kier molecular flexibility index (Phi) is 3.56. The smallest absolute Gasteiger partial charge is 0.341 e. The number of anilines is 1. The van der Waals surface area contributed by atoms with Gasteiger partial charge in [-0.2, -0.15) is 0 Å². The lowest BCUT2D eigenvalue weighted by molar-refractivity contribution is 0.0697. The summed E-state index contributed by atoms with van der Waals surface area (Å²) < 4.78 is 0. The van der Waals surface area contributed by atoms with Crippen LogP contribution in [0.3, 0.4) is 0 Å². The van der Waals surface area contributed by atoms with Crippen molar-refractivity contribution in [3.05, 3.63) is 17.6 Å². The van der Waals surface area contributed by atoms with Crippen molar-refractivity contribution < 1.29 is 15.0 Å². The van der Waals surface area contributed by atoms with Crippen LogP contribution in [-0.2, 0) is 0 Å². The van der Waals surface area contributed by atoms with Crippen molar-refractivity contribution in [3.63, 3.8) is 0 Å². The number of hydrogen-bond acceptors (Lipinski definition) is 5. The summed E-state index contributed by atoms with van der Waals surface area (Å²) in [4.78, 5) is 18.5. The number of rotatable bonds is 4. The first-order valence-corrected chi connectivity index (χ1v) is 4.49. The number of aliphatic hydroxyl groups is 1. The van der Waals surface area contributed by atoms with E-state index in [-0.39, 0.29) is 17.9 Å². The molecule has 6 nitrogen and oxygen atoms in total. The lowest BCUT2D eigenvalue weighted by Gasteiger charge is -2.10. The predicted octanol–water partition coefficient (Wildman–Crippen LogP) is 0.276. The van der Waals surface area contributed by atoms with Crippen LogP contribution < -0.4 is 5.32 Å². The van der Waals surface area contributed by atoms with Gasteiger partial charge in [0.1, 0.15) is 17.2 Å². The topological polar surface area (TPSA) is 95.3 Å². The van der Waals surface area contributed by atoms with Crippen LogP contribution >= 0.6 is 0 Å². The van der Waals surface area contributed by atoms with Gasteiger partial charge in [0.15, 0.2) is 0 Å². The molecule has 1 unspecified atom stereocenters. The molecule has 0 radical (unpaired) electrons. The Labute approximate surface area is 87.0 Å². The number of aryl methyl sites for hydroxylation is 1. The molecule has 15 heavy (non-hydrogen) atoms. The highest BCUT2D eigenvalue weighted by atomic mass is 16.4. The second-order valence-corrected chi connectivity index (χ2v) is 3.21. The number of nitrogens with one attached hydrogen (secondary N) is 1. The highest BCUT2D eigenvalue weighted by Crippen LogP contribution is 2.11. The molecule has 1 atom stereocenters. The molecule has 1 aromatic heterocycles. The van der Waals surface area contributed by atoms with Gasteiger partial charge in [-0.25, -0.2) is 14.8 Å². The van der Waals surface area contributed by atoms with Crippen molar-refractivity contribution in [2.45, 2.75) is 20.0 Å². The van der Waals surface area contributed by atoms with Gasteiger partial charge < -0.3 is 15.5 Å². The minimum Gasteiger partial charge on any atom is -0.477 e. The summed E-state index contributed by atoms with van der Waals surface area (Å²) >= 11 is 0. The van der Waals surface area contributed by atoms with Gasteiger partial charge in [0, 0.05) is 12.7 Å². The highest BCUT2D eigenvalue weighted by molar-refractivity contribution is 5.92. The summed E-state index contributed by atoms with van der Waals surface area (Å²) in [5, 5.41) is 20.7. The van der Waals surface area contributed by atoms with E-state index < -0.39 is 12.1 Å². The average Bonchev–Trinajstić information content (AvgIpc) is 2.14. The summed E-state index contributed by atoms with van der Waals surface area (Å²) in [6.07, 6.45) is 0.677. The molecule has 0 bridgehead atoms. The summed E-state index contributed by atoms with van der Waals surface area (Å²) in [6.45, 7) is 3.51. The molecule has 1 rings (SSSR count). The van der Waals surface area contributed by atoms with Gasteiger partial charge in [0.2, 0.25) is 0 Å². The van der Waals surface area contributed by atoms with Crippen LogP contribution in [0.15, 0.2) is 6.20 Å². The van der Waals surface area contributed by atoms with E-state index in [0.29, 0.717) is 5.82 Å². The van der Waals surface area contributed by atoms with E-state index >= 15 is 0 Å². The van der Waals surface area contributed by atoms with E-state index in [1.165, 1.54) is 6.20 Å². The van der Waals surface area contributed by atoms with Crippen LogP contribution in [0.1, 0.15) is 23.1 Å². The fourth-order valence-electron chi connectivity index (χ4n) is 1.01. The minimum atomic E-state index is -1.09. The quantitative estimate of drug-likeness (QED) is 0.662. The van der Waals surface area contributed by atoms with Gasteiger partial charge in [0.25, 0.3) is 0 Å². The second-order valence-electron chi connectivity index (χ2n) is 3.21. The fraction of sp³-hybridized carbons (Fsp3) is 0.444. The molecule has 0 fully saturated rings. The monoisotopic (exact) mass is 211 g/mol. The van der Waals surface area contributed by atoms with E-state index in [0.717, 1.165) is 0 Å². The molecule has 0 aromatic carbocycles. The van der Waals surface area contributed by atoms with Crippen molar-refractivity contribution in [2.24, 2.45) is 0 Å². The van der Waals surface area contributed by atoms with Crippen molar-refractivity contribution in [1.29, 1.82) is 0 Å². The normalized spacial score (nSPS) is 12.2. The Balaban J connectivity index is 2.92. The minimum absolute atomic E-state index is 0.00116. The number of nitrogens with zero attached hydrogens (tertiary/aromatic N) is 2. The van der Waals surface area contributed by atoms with Gasteiger partial charge in [-0.05, 0) is 13.8 Å². The summed E-state index contributed by atoms with van der Waals surface area (Å²) in [7, 11) is 0. The molecular weight excluding hydrogens is 198 g/mol. The molecule has 0 amide bonds. The third-order valence-electron chi connectivity index (χ3n) is 1.70. The molecule has 0 saturated carbocycles. The van der Waals surface area contributed by atoms with Gasteiger partial charge >= 0.3 is 5.97 Å². The molecule has 1 aromatic rings. The lowest BCUT2D eigenvalue weighted by Crippen LogP contribution is -2.18. The van der Waals surface area contributed by atoms with Crippen LogP contribution in [-0.4, -0.2) is 38.8 Å². The SMILES string of the molecule is Cc1ncc(C(=O)O)c(NCC(C)O)n1. The van der Waals surface area contributed by atoms with E-state index in [9.17, 15) is 4.79 Å². The number of aliphatic hydroxyl groups excluding tert-OH is 1. The standard InChI is InChI=1S/C9H13N3O3/c1-5(13)3-11-8-7(9(14)15)4-10-6(2)12-8/h4-5,13H,3H2,1-2H3,(H,14,15)(H,10,11,12). The van der Waals surface area contributed by atoms with Crippen molar-refractivity contribution in [2.75, 3.05) is 11.9 Å². The first kappa shape index (κ1) is 11.4. The number of hydrogen-bond donors (Lipinski definition) is 3. The van der Waals surface area contributed by atoms with Gasteiger partial charge in [-0.3, -0.25) is 0 Å². The number of carboxylic acid groups (broad SMARTS) is 1. The lowest BCUT2D eigenvalue weighted by atomic mass is 10.3. The molecule has 3 N–H and O–H groups in total. The molecule has 0 aliphatic carbocycles. The number of aromatic nitrogens is 2. The highest BCUT2D eigenvalue weighted by Gasteiger charge is 2.12. The van der Waals surface area contributed by atoms with Crippen LogP contribution in [0.5, 0.6) is 0 Å². The van der Waals surface area contributed by atoms with Crippen molar-refractivity contribution >= 4 is 11.8 Å². The number of carboxylic acids is 1. The summed E-state index contributed by atoms with van der Waals surface area (Å²) in [5.74, 6) is -0.382. The van der Waals surface area contributed by atoms with Gasteiger partial charge in [-0.1, -0.05) is 0 Å². The third-order valence-corrected chi connectivity index (χ3v) is 1.70. The first-order chi connectivity index (χ1) is 7.00. The Morgan fingerprint density at radius 3 is 2.87 bits per heavy atom. The van der Waals surface area contributed by atoms with Crippen molar-refractivity contribution in [3.8, 4) is 0 Å². The molecule has 0 saturated heterocycles. The largest absolute Gasteiger partial charge is 0.477 e. The van der Waals surface area contributed by atoms with Crippen molar-refractivity contribution in [1.82, 2.24) is 9.97 Å². The Morgan fingerprint density at radius 2 is 2.33 bits per heavy atom. The fourth-order valence-corrected chi connectivity index (χ4v) is 1.01. The maximum atomic E-state index is 10.8. The number of carbonyl (C=O) groups is 1.